The van der Waals surface area contributed by atoms with Gasteiger partial charge in [-0.3, -0.25) is 4.79 Å². The highest BCUT2D eigenvalue weighted by atomic mass is 16.6. The molecule has 0 fully saturated rings. The quantitative estimate of drug-likeness (QED) is 0.791. The van der Waals surface area contributed by atoms with Gasteiger partial charge in [-0.05, 0) is 24.3 Å². The monoisotopic (exact) mass is 339 g/mol. The van der Waals surface area contributed by atoms with Crippen molar-refractivity contribution in [3.8, 4) is 17.2 Å². The van der Waals surface area contributed by atoms with Crippen LogP contribution in [0.1, 0.15) is 16.1 Å². The molecule has 3 aromatic rings. The fourth-order valence-corrected chi connectivity index (χ4v) is 2.80. The van der Waals surface area contributed by atoms with Crippen molar-refractivity contribution >= 4 is 16.9 Å². The maximum atomic E-state index is 12.5. The standard InChI is InChI=1S/C19H17NO5/c1-22-16-9-13(10-17-18(16)24-7-6-23-17)19(21)20-11-14-8-12-4-2-3-5-15(12)25-14/h2-5,8-10H,6-7,11H2,1H3,(H,20,21). The summed E-state index contributed by atoms with van der Waals surface area (Å²) in [6.07, 6.45) is 0. The fraction of sp³-hybridized carbons (Fsp3) is 0.211. The molecule has 128 valence electrons. The van der Waals surface area contributed by atoms with Crippen LogP contribution in [0.3, 0.4) is 0 Å². The van der Waals surface area contributed by atoms with Crippen molar-refractivity contribution < 1.29 is 23.4 Å². The number of carbonyl (C=O) groups is 1. The molecular formula is C19H17NO5. The van der Waals surface area contributed by atoms with Gasteiger partial charge in [0.15, 0.2) is 11.5 Å². The number of ether oxygens (including phenoxy) is 3. The topological polar surface area (TPSA) is 69.9 Å². The number of carbonyl (C=O) groups excluding carboxylic acids is 1. The SMILES string of the molecule is COc1cc(C(=O)NCc2cc3ccccc3o2)cc2c1OCCO2. The van der Waals surface area contributed by atoms with Crippen molar-refractivity contribution in [1.82, 2.24) is 5.32 Å². The second-order valence-electron chi connectivity index (χ2n) is 5.64. The van der Waals surface area contributed by atoms with Crippen LogP contribution >= 0.6 is 0 Å². The fourth-order valence-electron chi connectivity index (χ4n) is 2.80. The van der Waals surface area contributed by atoms with E-state index in [1.54, 1.807) is 12.1 Å². The molecule has 6 heteroatoms. The Bertz CT molecular complexity index is 880. The normalized spacial score (nSPS) is 12.8. The number of nitrogens with one attached hydrogen (secondary N) is 1. The van der Waals surface area contributed by atoms with Gasteiger partial charge in [0.1, 0.15) is 24.6 Å². The van der Waals surface area contributed by atoms with Gasteiger partial charge in [0.2, 0.25) is 5.75 Å². The molecule has 1 amide bonds. The summed E-state index contributed by atoms with van der Waals surface area (Å²) in [6, 6.07) is 12.9. The summed E-state index contributed by atoms with van der Waals surface area (Å²) in [4.78, 5) is 12.5. The van der Waals surface area contributed by atoms with Crippen LogP contribution in [-0.2, 0) is 6.54 Å². The molecule has 0 spiro atoms. The highest BCUT2D eigenvalue weighted by molar-refractivity contribution is 5.95. The number of methoxy groups -OCH3 is 1. The number of rotatable bonds is 4. The van der Waals surface area contributed by atoms with E-state index in [0.717, 1.165) is 11.0 Å². The van der Waals surface area contributed by atoms with Crippen LogP contribution in [0.2, 0.25) is 0 Å². The van der Waals surface area contributed by atoms with Crippen molar-refractivity contribution in [3.05, 3.63) is 53.8 Å². The minimum atomic E-state index is -0.240. The largest absolute Gasteiger partial charge is 0.493 e. The van der Waals surface area contributed by atoms with Gasteiger partial charge < -0.3 is 23.9 Å². The van der Waals surface area contributed by atoms with E-state index in [4.69, 9.17) is 18.6 Å². The third-order valence-electron chi connectivity index (χ3n) is 3.99. The number of fused-ring (bicyclic) bond motifs is 2. The lowest BCUT2D eigenvalue weighted by atomic mass is 10.1. The molecule has 6 nitrogen and oxygen atoms in total. The molecule has 0 saturated heterocycles. The first-order chi connectivity index (χ1) is 12.2. The maximum Gasteiger partial charge on any atom is 0.251 e. The zero-order chi connectivity index (χ0) is 17.2. The Hall–Kier alpha value is -3.15. The number of furan rings is 1. The predicted molar refractivity (Wildman–Crippen MR) is 91.4 cm³/mol. The lowest BCUT2D eigenvalue weighted by Crippen LogP contribution is -2.23. The van der Waals surface area contributed by atoms with E-state index in [1.807, 2.05) is 30.3 Å². The Morgan fingerprint density at radius 1 is 1.16 bits per heavy atom. The zero-order valence-electron chi connectivity index (χ0n) is 13.7. The molecular weight excluding hydrogens is 322 g/mol. The second-order valence-corrected chi connectivity index (χ2v) is 5.64. The predicted octanol–water partition coefficient (Wildman–Crippen LogP) is 3.14. The van der Waals surface area contributed by atoms with Crippen molar-refractivity contribution in [3.63, 3.8) is 0 Å². The Morgan fingerprint density at radius 2 is 2.00 bits per heavy atom. The number of hydrogen-bond donors (Lipinski definition) is 1. The summed E-state index contributed by atoms with van der Waals surface area (Å²) < 4.78 is 22.1. The molecule has 0 aliphatic carbocycles. The molecule has 4 rings (SSSR count). The van der Waals surface area contributed by atoms with Crippen LogP contribution in [-0.4, -0.2) is 26.2 Å². The maximum absolute atomic E-state index is 12.5. The van der Waals surface area contributed by atoms with Gasteiger partial charge in [-0.25, -0.2) is 0 Å². The molecule has 1 aromatic heterocycles. The van der Waals surface area contributed by atoms with E-state index >= 15 is 0 Å². The second kappa shape index (κ2) is 6.39. The number of hydrogen-bond acceptors (Lipinski definition) is 5. The number of benzene rings is 2. The van der Waals surface area contributed by atoms with Crippen LogP contribution < -0.4 is 19.5 Å². The van der Waals surface area contributed by atoms with Crippen LogP contribution in [0.25, 0.3) is 11.0 Å². The molecule has 1 aliphatic rings. The average molecular weight is 339 g/mol. The summed E-state index contributed by atoms with van der Waals surface area (Å²) in [6.45, 7) is 1.20. The molecule has 0 radical (unpaired) electrons. The van der Waals surface area contributed by atoms with Gasteiger partial charge in [-0.15, -0.1) is 0 Å². The van der Waals surface area contributed by atoms with E-state index in [2.05, 4.69) is 5.32 Å². The zero-order valence-corrected chi connectivity index (χ0v) is 13.7. The van der Waals surface area contributed by atoms with Crippen LogP contribution in [0.4, 0.5) is 0 Å². The molecule has 0 unspecified atom stereocenters. The van der Waals surface area contributed by atoms with E-state index in [9.17, 15) is 4.79 Å². The molecule has 0 saturated carbocycles. The molecule has 25 heavy (non-hydrogen) atoms. The minimum Gasteiger partial charge on any atom is -0.493 e. The summed E-state index contributed by atoms with van der Waals surface area (Å²) in [5.41, 5.74) is 1.24. The smallest absolute Gasteiger partial charge is 0.251 e. The van der Waals surface area contributed by atoms with Gasteiger partial charge in [-0.2, -0.15) is 0 Å². The van der Waals surface area contributed by atoms with Gasteiger partial charge in [0.25, 0.3) is 5.91 Å². The lowest BCUT2D eigenvalue weighted by molar-refractivity contribution is 0.0946. The minimum absolute atomic E-state index is 0.240. The number of para-hydroxylation sites is 1. The molecule has 2 aromatic carbocycles. The third-order valence-corrected chi connectivity index (χ3v) is 3.99. The van der Waals surface area contributed by atoms with Crippen molar-refractivity contribution in [2.75, 3.05) is 20.3 Å². The van der Waals surface area contributed by atoms with E-state index in [1.165, 1.54) is 7.11 Å². The van der Waals surface area contributed by atoms with E-state index in [-0.39, 0.29) is 5.91 Å². The summed E-state index contributed by atoms with van der Waals surface area (Å²) >= 11 is 0. The van der Waals surface area contributed by atoms with E-state index < -0.39 is 0 Å². The van der Waals surface area contributed by atoms with Crippen LogP contribution in [0.5, 0.6) is 17.2 Å². The molecule has 0 atom stereocenters. The Morgan fingerprint density at radius 3 is 2.84 bits per heavy atom. The van der Waals surface area contributed by atoms with Gasteiger partial charge in [0.05, 0.1) is 13.7 Å². The summed E-state index contributed by atoms with van der Waals surface area (Å²) in [7, 11) is 1.53. The summed E-state index contributed by atoms with van der Waals surface area (Å²) in [5.74, 6) is 1.97. The first-order valence-electron chi connectivity index (χ1n) is 7.98. The molecule has 1 aliphatic heterocycles. The first-order valence-corrected chi connectivity index (χ1v) is 7.98. The van der Waals surface area contributed by atoms with Gasteiger partial charge in [-0.1, -0.05) is 18.2 Å². The number of amides is 1. The Labute approximate surface area is 144 Å². The highest BCUT2D eigenvalue weighted by Crippen LogP contribution is 2.40. The lowest BCUT2D eigenvalue weighted by Gasteiger charge is -2.21. The van der Waals surface area contributed by atoms with Crippen molar-refractivity contribution in [2.24, 2.45) is 0 Å². The van der Waals surface area contributed by atoms with Gasteiger partial charge >= 0.3 is 0 Å². The average Bonchev–Trinajstić information content (AvgIpc) is 3.08. The molecule has 0 bridgehead atoms. The molecule has 1 N–H and O–H groups in total. The van der Waals surface area contributed by atoms with Crippen molar-refractivity contribution in [1.29, 1.82) is 0 Å². The third kappa shape index (κ3) is 2.98. The van der Waals surface area contributed by atoms with Crippen molar-refractivity contribution in [2.45, 2.75) is 6.54 Å². The van der Waals surface area contributed by atoms with Crippen LogP contribution in [0, 0.1) is 0 Å². The highest BCUT2D eigenvalue weighted by Gasteiger charge is 2.21. The van der Waals surface area contributed by atoms with Crippen LogP contribution in [0.15, 0.2) is 46.9 Å². The van der Waals surface area contributed by atoms with Gasteiger partial charge in [0, 0.05) is 10.9 Å². The Kier molecular flexibility index (Phi) is 3.93. The summed E-state index contributed by atoms with van der Waals surface area (Å²) in [5, 5.41) is 3.86. The Balaban J connectivity index is 1.52. The van der Waals surface area contributed by atoms with E-state index in [0.29, 0.717) is 48.3 Å². The molecule has 2 heterocycles. The first kappa shape index (κ1) is 15.4.